The van der Waals surface area contributed by atoms with Crippen molar-refractivity contribution >= 4 is 0 Å². The van der Waals surface area contributed by atoms with E-state index >= 15 is 0 Å². The Morgan fingerprint density at radius 1 is 1.22 bits per heavy atom. The predicted octanol–water partition coefficient (Wildman–Crippen LogP) is 2.89. The number of hydrogen-bond acceptors (Lipinski definition) is 5. The molecule has 0 bridgehead atoms. The highest BCUT2D eigenvalue weighted by molar-refractivity contribution is 5.24. The fourth-order valence-electron chi connectivity index (χ4n) is 2.83. The largest absolute Gasteiger partial charge is 0.386 e. The molecule has 0 spiro atoms. The summed E-state index contributed by atoms with van der Waals surface area (Å²) in [7, 11) is 0. The highest BCUT2D eigenvalue weighted by Gasteiger charge is 2.26. The van der Waals surface area contributed by atoms with Gasteiger partial charge in [0.1, 0.15) is 0 Å². The third kappa shape index (κ3) is 7.56. The maximum atomic E-state index is 5.78. The highest BCUT2D eigenvalue weighted by atomic mass is 15.2. The van der Waals surface area contributed by atoms with Crippen molar-refractivity contribution < 1.29 is 0 Å². The molecular weight excluding hydrogens is 334 g/mol. The first-order valence-electron chi connectivity index (χ1n) is 9.04. The van der Waals surface area contributed by atoms with Crippen LogP contribution in [0.5, 0.6) is 0 Å². The Labute approximate surface area is 163 Å². The highest BCUT2D eigenvalue weighted by Crippen LogP contribution is 2.23. The number of nitrogens with two attached hydrogens (primary N) is 3. The maximum Gasteiger partial charge on any atom is 0.0917 e. The summed E-state index contributed by atoms with van der Waals surface area (Å²) in [5, 5.41) is 3.33. The summed E-state index contributed by atoms with van der Waals surface area (Å²) in [6.45, 7) is 17.0. The lowest BCUT2D eigenvalue weighted by molar-refractivity contribution is 0.342. The molecule has 1 aromatic carbocycles. The van der Waals surface area contributed by atoms with Crippen LogP contribution in [0.1, 0.15) is 24.6 Å². The first kappa shape index (κ1) is 22.3. The van der Waals surface area contributed by atoms with E-state index in [2.05, 4.69) is 36.5 Å². The fraction of sp³-hybridized carbons (Fsp3) is 0.273. The van der Waals surface area contributed by atoms with E-state index in [1.807, 2.05) is 42.5 Å². The molecule has 0 aromatic heterocycles. The van der Waals surface area contributed by atoms with E-state index in [1.54, 1.807) is 6.08 Å². The molecule has 1 unspecified atom stereocenters. The van der Waals surface area contributed by atoms with Crippen molar-refractivity contribution in [2.24, 2.45) is 17.2 Å². The van der Waals surface area contributed by atoms with E-state index in [1.165, 1.54) is 0 Å². The molecule has 0 amide bonds. The Hall–Kier alpha value is -2.76. The number of allylic oxidation sites excluding steroid dienone is 2. The average Bonchev–Trinajstić information content (AvgIpc) is 3.16. The van der Waals surface area contributed by atoms with E-state index in [0.29, 0.717) is 12.4 Å². The summed E-state index contributed by atoms with van der Waals surface area (Å²) in [5.41, 5.74) is 19.6. The molecule has 1 heterocycles. The van der Waals surface area contributed by atoms with Gasteiger partial charge >= 0.3 is 0 Å². The lowest BCUT2D eigenvalue weighted by Crippen LogP contribution is -2.37. The van der Waals surface area contributed by atoms with Crippen LogP contribution in [0.3, 0.4) is 0 Å². The fourth-order valence-corrected chi connectivity index (χ4v) is 2.83. The summed E-state index contributed by atoms with van der Waals surface area (Å²) in [4.78, 5) is 2.10. The van der Waals surface area contributed by atoms with E-state index in [-0.39, 0.29) is 12.2 Å². The molecule has 1 saturated heterocycles. The monoisotopic (exact) mass is 367 g/mol. The number of rotatable bonds is 8. The van der Waals surface area contributed by atoms with Gasteiger partial charge in [-0.25, -0.2) is 0 Å². The van der Waals surface area contributed by atoms with Crippen LogP contribution in [0, 0.1) is 0 Å². The minimum absolute atomic E-state index is 0.247. The zero-order valence-corrected chi connectivity index (χ0v) is 16.1. The van der Waals surface area contributed by atoms with Gasteiger partial charge in [-0.2, -0.15) is 0 Å². The maximum absolute atomic E-state index is 5.78. The molecule has 5 heteroatoms. The molecule has 0 aliphatic carbocycles. The van der Waals surface area contributed by atoms with Crippen LogP contribution in [0.25, 0.3) is 0 Å². The summed E-state index contributed by atoms with van der Waals surface area (Å²) in [6.07, 6.45) is 7.35. The Morgan fingerprint density at radius 3 is 2.37 bits per heavy atom. The van der Waals surface area contributed by atoms with Gasteiger partial charge in [0.2, 0.25) is 0 Å². The van der Waals surface area contributed by atoms with E-state index < -0.39 is 0 Å². The molecule has 0 saturated carbocycles. The smallest absolute Gasteiger partial charge is 0.0917 e. The minimum atomic E-state index is -0.341. The molecule has 1 aliphatic heterocycles. The van der Waals surface area contributed by atoms with Crippen LogP contribution in [0.4, 0.5) is 0 Å². The van der Waals surface area contributed by atoms with Gasteiger partial charge in [-0.1, -0.05) is 74.9 Å². The first-order valence-corrected chi connectivity index (χ1v) is 9.04. The Bertz CT molecular complexity index is 661. The van der Waals surface area contributed by atoms with Crippen LogP contribution in [0.15, 0.2) is 92.0 Å². The molecule has 1 aliphatic rings. The summed E-state index contributed by atoms with van der Waals surface area (Å²) >= 11 is 0. The van der Waals surface area contributed by atoms with Crippen molar-refractivity contribution in [3.8, 4) is 0 Å². The van der Waals surface area contributed by atoms with Gasteiger partial charge in [0, 0.05) is 18.8 Å². The zero-order valence-electron chi connectivity index (χ0n) is 16.1. The van der Waals surface area contributed by atoms with Gasteiger partial charge in [-0.05, 0) is 24.0 Å². The summed E-state index contributed by atoms with van der Waals surface area (Å²) in [5.74, 6) is 0.617. The second-order valence-electron chi connectivity index (χ2n) is 6.34. The quantitative estimate of drug-likeness (QED) is 0.419. The van der Waals surface area contributed by atoms with Crippen molar-refractivity contribution in [2.45, 2.75) is 25.0 Å². The number of likely N-dealkylation sites (tertiary alicyclic amines) is 1. The molecule has 2 rings (SSSR count). The Morgan fingerprint density at radius 2 is 1.89 bits per heavy atom. The number of benzene rings is 1. The second kappa shape index (κ2) is 11.8. The molecule has 5 nitrogen and oxygen atoms in total. The number of nitrogens with zero attached hydrogens (tertiary/aromatic N) is 1. The number of nitrogens with one attached hydrogen (secondary N) is 1. The first-order chi connectivity index (χ1) is 12.9. The average molecular weight is 368 g/mol. The molecule has 27 heavy (non-hydrogen) atoms. The second-order valence-corrected chi connectivity index (χ2v) is 6.34. The summed E-state index contributed by atoms with van der Waals surface area (Å²) < 4.78 is 0. The van der Waals surface area contributed by atoms with Crippen molar-refractivity contribution in [3.05, 3.63) is 97.5 Å². The van der Waals surface area contributed by atoms with Gasteiger partial charge < -0.3 is 27.4 Å². The van der Waals surface area contributed by atoms with Gasteiger partial charge in [-0.15, -0.1) is 0 Å². The minimum Gasteiger partial charge on any atom is -0.386 e. The lowest BCUT2D eigenvalue weighted by Gasteiger charge is -2.28. The van der Waals surface area contributed by atoms with E-state index in [0.717, 1.165) is 36.2 Å². The summed E-state index contributed by atoms with van der Waals surface area (Å²) in [6, 6.07) is 9.84. The molecule has 1 aromatic rings. The Kier molecular flexibility index (Phi) is 9.72. The molecule has 1 atom stereocenters. The SMILES string of the molecule is C=C/C=C(\C=C)CNC(=C)C1CCCN1C(=C)N.NC(N)c1ccccc1. The Balaban J connectivity index is 0.000000337. The van der Waals surface area contributed by atoms with Crippen molar-refractivity contribution in [3.63, 3.8) is 0 Å². The van der Waals surface area contributed by atoms with Gasteiger partial charge in [0.05, 0.1) is 18.0 Å². The molecule has 1 fully saturated rings. The lowest BCUT2D eigenvalue weighted by atomic mass is 10.1. The molecule has 146 valence electrons. The normalized spacial score (nSPS) is 16.3. The molecule has 0 radical (unpaired) electrons. The van der Waals surface area contributed by atoms with E-state index in [4.69, 9.17) is 17.2 Å². The van der Waals surface area contributed by atoms with Crippen LogP contribution in [0.2, 0.25) is 0 Å². The van der Waals surface area contributed by atoms with Crippen LogP contribution in [-0.2, 0) is 0 Å². The standard InChI is InChI=1S/C15H23N3.C7H10N2/c1-5-8-14(6-2)11-17-12(3)15-9-7-10-18(15)13(4)16;8-7(9)6-4-2-1-3-5-6/h5-6,8,15,17H,1-4,7,9-11,16H2;1-5,7H,8-9H2/b14-8+;. The van der Waals surface area contributed by atoms with Crippen molar-refractivity contribution in [1.29, 1.82) is 0 Å². The topological polar surface area (TPSA) is 93.3 Å². The van der Waals surface area contributed by atoms with Gasteiger partial charge in [0.15, 0.2) is 0 Å². The van der Waals surface area contributed by atoms with Gasteiger partial charge in [-0.3, -0.25) is 0 Å². The number of hydrogen-bond donors (Lipinski definition) is 4. The van der Waals surface area contributed by atoms with Crippen LogP contribution in [-0.4, -0.2) is 24.0 Å². The third-order valence-corrected chi connectivity index (χ3v) is 4.32. The third-order valence-electron chi connectivity index (χ3n) is 4.32. The van der Waals surface area contributed by atoms with E-state index in [9.17, 15) is 0 Å². The van der Waals surface area contributed by atoms with Crippen molar-refractivity contribution in [2.75, 3.05) is 13.1 Å². The van der Waals surface area contributed by atoms with Gasteiger partial charge in [0.25, 0.3) is 0 Å². The predicted molar refractivity (Wildman–Crippen MR) is 116 cm³/mol. The van der Waals surface area contributed by atoms with Crippen molar-refractivity contribution in [1.82, 2.24) is 10.2 Å². The van der Waals surface area contributed by atoms with Crippen LogP contribution < -0.4 is 22.5 Å². The molecular formula is C22H33N5. The van der Waals surface area contributed by atoms with Crippen LogP contribution >= 0.6 is 0 Å². The zero-order chi connectivity index (χ0) is 20.2. The molecule has 7 N–H and O–H groups in total.